The lowest BCUT2D eigenvalue weighted by Crippen LogP contribution is -2.18. The number of hydrogen-bond donors (Lipinski definition) is 0. The monoisotopic (exact) mass is 270 g/mol. The van der Waals surface area contributed by atoms with Gasteiger partial charge in [0, 0.05) is 6.61 Å². The molecule has 0 bridgehead atoms. The fraction of sp³-hybridized carbons (Fsp3) is 0.769. The molecular weight excluding hydrogens is 248 g/mol. The van der Waals surface area contributed by atoms with Crippen molar-refractivity contribution in [2.45, 2.75) is 46.6 Å². The molecule has 0 N–H and O–H groups in total. The second-order valence-corrected chi connectivity index (χ2v) is 4.62. The molecular formula is C13H22N2O4. The molecule has 0 radical (unpaired) electrons. The van der Waals surface area contributed by atoms with Gasteiger partial charge < -0.3 is 14.0 Å². The summed E-state index contributed by atoms with van der Waals surface area (Å²) in [5, 5.41) is 3.81. The van der Waals surface area contributed by atoms with E-state index >= 15 is 0 Å². The van der Waals surface area contributed by atoms with Crippen LogP contribution >= 0.6 is 0 Å². The van der Waals surface area contributed by atoms with Gasteiger partial charge in [-0.15, -0.1) is 0 Å². The normalized spacial score (nSPS) is 12.7. The first kappa shape index (κ1) is 15.6. The van der Waals surface area contributed by atoms with Gasteiger partial charge in [0.05, 0.1) is 6.61 Å². The summed E-state index contributed by atoms with van der Waals surface area (Å²) in [6.07, 6.45) is 0.620. The molecule has 0 aliphatic rings. The van der Waals surface area contributed by atoms with Crippen molar-refractivity contribution in [1.29, 1.82) is 0 Å². The highest BCUT2D eigenvalue weighted by atomic mass is 16.5. The summed E-state index contributed by atoms with van der Waals surface area (Å²) in [6, 6.07) is 0. The molecule has 6 heteroatoms. The summed E-state index contributed by atoms with van der Waals surface area (Å²) in [5.74, 6) is 0.277. The van der Waals surface area contributed by atoms with Crippen LogP contribution in [0.1, 0.15) is 51.7 Å². The number of ether oxygens (including phenoxy) is 2. The van der Waals surface area contributed by atoms with Gasteiger partial charge in [-0.1, -0.05) is 19.0 Å². The molecule has 0 spiro atoms. The zero-order chi connectivity index (χ0) is 14.3. The third-order valence-electron chi connectivity index (χ3n) is 2.50. The average molecular weight is 270 g/mol. The van der Waals surface area contributed by atoms with E-state index in [0.29, 0.717) is 37.3 Å². The number of aromatic nitrogens is 2. The van der Waals surface area contributed by atoms with Crippen LogP contribution in [0, 0.1) is 5.92 Å². The molecule has 1 heterocycles. The van der Waals surface area contributed by atoms with Crippen molar-refractivity contribution in [1.82, 2.24) is 10.1 Å². The SMILES string of the molecule is CCOCc1noc(C(CC(C)C)C(=O)OCC)n1. The number of carbonyl (C=O) groups is 1. The third-order valence-corrected chi connectivity index (χ3v) is 2.50. The number of nitrogens with zero attached hydrogens (tertiary/aromatic N) is 2. The Labute approximate surface area is 113 Å². The van der Waals surface area contributed by atoms with E-state index in [-0.39, 0.29) is 12.6 Å². The maximum atomic E-state index is 11.9. The summed E-state index contributed by atoms with van der Waals surface area (Å²) >= 11 is 0. The van der Waals surface area contributed by atoms with Crippen molar-refractivity contribution in [2.24, 2.45) is 5.92 Å². The van der Waals surface area contributed by atoms with Crippen LogP contribution in [0.5, 0.6) is 0 Å². The van der Waals surface area contributed by atoms with Crippen LogP contribution in [0.4, 0.5) is 0 Å². The summed E-state index contributed by atoms with van der Waals surface area (Å²) in [7, 11) is 0. The molecule has 1 aromatic rings. The van der Waals surface area contributed by atoms with E-state index < -0.39 is 5.92 Å². The minimum Gasteiger partial charge on any atom is -0.465 e. The molecule has 0 aliphatic heterocycles. The van der Waals surface area contributed by atoms with Crippen molar-refractivity contribution in [3.8, 4) is 0 Å². The summed E-state index contributed by atoms with van der Waals surface area (Å²) in [4.78, 5) is 16.1. The lowest BCUT2D eigenvalue weighted by atomic mass is 9.97. The summed E-state index contributed by atoms with van der Waals surface area (Å²) in [6.45, 7) is 8.94. The highest BCUT2D eigenvalue weighted by Gasteiger charge is 2.28. The molecule has 0 saturated heterocycles. The van der Waals surface area contributed by atoms with Crippen LogP contribution in [0.3, 0.4) is 0 Å². The zero-order valence-electron chi connectivity index (χ0n) is 12.0. The zero-order valence-corrected chi connectivity index (χ0v) is 12.0. The van der Waals surface area contributed by atoms with Crippen LogP contribution in [0.2, 0.25) is 0 Å². The Morgan fingerprint density at radius 2 is 2.05 bits per heavy atom. The fourth-order valence-corrected chi connectivity index (χ4v) is 1.67. The Balaban J connectivity index is 2.78. The summed E-state index contributed by atoms with van der Waals surface area (Å²) < 4.78 is 15.4. The van der Waals surface area contributed by atoms with E-state index in [0.717, 1.165) is 0 Å². The van der Waals surface area contributed by atoms with E-state index in [2.05, 4.69) is 10.1 Å². The minimum absolute atomic E-state index is 0.289. The molecule has 108 valence electrons. The number of hydrogen-bond acceptors (Lipinski definition) is 6. The Bertz CT molecular complexity index is 390. The molecule has 0 saturated carbocycles. The van der Waals surface area contributed by atoms with Crippen molar-refractivity contribution in [3.63, 3.8) is 0 Å². The Hall–Kier alpha value is -1.43. The van der Waals surface area contributed by atoms with Gasteiger partial charge in [-0.05, 0) is 26.2 Å². The predicted octanol–water partition coefficient (Wildman–Crippen LogP) is 2.30. The van der Waals surface area contributed by atoms with E-state index in [1.165, 1.54) is 0 Å². The lowest BCUT2D eigenvalue weighted by Gasteiger charge is -2.13. The second-order valence-electron chi connectivity index (χ2n) is 4.62. The standard InChI is InChI=1S/C13H22N2O4/c1-5-17-8-11-14-12(19-15-11)10(7-9(3)4)13(16)18-6-2/h9-10H,5-8H2,1-4H3. The maximum Gasteiger partial charge on any atom is 0.318 e. The molecule has 0 aliphatic carbocycles. The van der Waals surface area contributed by atoms with Crippen molar-refractivity contribution in [3.05, 3.63) is 11.7 Å². The molecule has 1 unspecified atom stereocenters. The van der Waals surface area contributed by atoms with Gasteiger partial charge in [0.25, 0.3) is 0 Å². The van der Waals surface area contributed by atoms with Gasteiger partial charge in [-0.25, -0.2) is 0 Å². The maximum absolute atomic E-state index is 11.9. The summed E-state index contributed by atoms with van der Waals surface area (Å²) in [5.41, 5.74) is 0. The van der Waals surface area contributed by atoms with Gasteiger partial charge in [0.1, 0.15) is 12.5 Å². The minimum atomic E-state index is -0.497. The first-order valence-corrected chi connectivity index (χ1v) is 6.65. The highest BCUT2D eigenvalue weighted by Crippen LogP contribution is 2.24. The van der Waals surface area contributed by atoms with Gasteiger partial charge in [-0.3, -0.25) is 4.79 Å². The van der Waals surface area contributed by atoms with E-state index in [9.17, 15) is 4.79 Å². The smallest absolute Gasteiger partial charge is 0.318 e. The Kier molecular flexibility index (Phi) is 6.49. The van der Waals surface area contributed by atoms with E-state index in [4.69, 9.17) is 14.0 Å². The van der Waals surface area contributed by atoms with Crippen LogP contribution < -0.4 is 0 Å². The van der Waals surface area contributed by atoms with Crippen LogP contribution in [0.25, 0.3) is 0 Å². The molecule has 19 heavy (non-hydrogen) atoms. The molecule has 0 aromatic carbocycles. The largest absolute Gasteiger partial charge is 0.465 e. The molecule has 1 aromatic heterocycles. The molecule has 0 amide bonds. The first-order chi connectivity index (χ1) is 9.08. The number of esters is 1. The molecule has 6 nitrogen and oxygen atoms in total. The van der Waals surface area contributed by atoms with Crippen molar-refractivity contribution in [2.75, 3.05) is 13.2 Å². The quantitative estimate of drug-likeness (QED) is 0.675. The first-order valence-electron chi connectivity index (χ1n) is 6.65. The van der Waals surface area contributed by atoms with Gasteiger partial charge in [0.15, 0.2) is 5.82 Å². The third kappa shape index (κ3) is 4.98. The highest BCUT2D eigenvalue weighted by molar-refractivity contribution is 5.76. The van der Waals surface area contributed by atoms with Crippen LogP contribution in [0.15, 0.2) is 4.52 Å². The van der Waals surface area contributed by atoms with Crippen molar-refractivity contribution >= 4 is 5.97 Å². The topological polar surface area (TPSA) is 74.5 Å². The number of carbonyl (C=O) groups excluding carboxylic acids is 1. The van der Waals surface area contributed by atoms with Gasteiger partial charge >= 0.3 is 5.97 Å². The Morgan fingerprint density at radius 1 is 1.32 bits per heavy atom. The fourth-order valence-electron chi connectivity index (χ4n) is 1.67. The Morgan fingerprint density at radius 3 is 2.63 bits per heavy atom. The van der Waals surface area contributed by atoms with Crippen molar-refractivity contribution < 1.29 is 18.8 Å². The molecule has 0 fully saturated rings. The van der Waals surface area contributed by atoms with Crippen LogP contribution in [-0.4, -0.2) is 29.3 Å². The second kappa shape index (κ2) is 7.89. The molecule has 1 atom stereocenters. The number of rotatable bonds is 8. The van der Waals surface area contributed by atoms with Crippen LogP contribution in [-0.2, 0) is 20.9 Å². The average Bonchev–Trinajstić information content (AvgIpc) is 2.82. The van der Waals surface area contributed by atoms with E-state index in [1.54, 1.807) is 6.92 Å². The van der Waals surface area contributed by atoms with E-state index in [1.807, 2.05) is 20.8 Å². The molecule has 1 rings (SSSR count). The predicted molar refractivity (Wildman–Crippen MR) is 68.5 cm³/mol. The lowest BCUT2D eigenvalue weighted by molar-refractivity contribution is -0.146. The van der Waals surface area contributed by atoms with Gasteiger partial charge in [-0.2, -0.15) is 4.98 Å². The van der Waals surface area contributed by atoms with Gasteiger partial charge in [0.2, 0.25) is 5.89 Å².